The van der Waals surface area contributed by atoms with Crippen molar-refractivity contribution in [3.8, 4) is 0 Å². The smallest absolute Gasteiger partial charge is 0.401 e. The van der Waals surface area contributed by atoms with Crippen LogP contribution in [0.5, 0.6) is 0 Å². The Morgan fingerprint density at radius 2 is 0.962 bits per heavy atom. The molecular weight excluding hydrogens is 363 g/mol. The molecule has 0 aliphatic carbocycles. The third-order valence-corrected chi connectivity index (χ3v) is 2.83. The van der Waals surface area contributed by atoms with Crippen LogP contribution in [-0.4, -0.2) is 130 Å². The maximum absolute atomic E-state index is 9.71. The highest BCUT2D eigenvalue weighted by Gasteiger charge is 2.33. The summed E-state index contributed by atoms with van der Waals surface area (Å²) in [5.41, 5.74) is 0. The quantitative estimate of drug-likeness (QED) is 0.0886. The van der Waals surface area contributed by atoms with Crippen molar-refractivity contribution in [2.45, 2.75) is 37.0 Å². The van der Waals surface area contributed by atoms with E-state index in [1.54, 1.807) is 0 Å². The van der Waals surface area contributed by atoms with E-state index in [-0.39, 0.29) is 0 Å². The molecule has 0 aromatic carbocycles. The highest BCUT2D eigenvalue weighted by molar-refractivity contribution is 6.34. The first kappa shape index (κ1) is 25.5. The van der Waals surface area contributed by atoms with Crippen LogP contribution in [-0.2, 0) is 18.8 Å². The molecule has 156 valence electrons. The lowest BCUT2D eigenvalue weighted by molar-refractivity contribution is -0.213. The van der Waals surface area contributed by atoms with Gasteiger partial charge in [-0.1, -0.05) is 0 Å². The maximum atomic E-state index is 9.71. The van der Waals surface area contributed by atoms with Crippen LogP contribution in [0.1, 0.15) is 0 Å². The van der Waals surface area contributed by atoms with Crippen molar-refractivity contribution in [2.75, 3.05) is 39.6 Å². The van der Waals surface area contributed by atoms with Gasteiger partial charge in [0.05, 0.1) is 39.6 Å². The van der Waals surface area contributed by atoms with E-state index < -0.39 is 84.0 Å². The van der Waals surface area contributed by atoms with Gasteiger partial charge in [-0.05, 0) is 0 Å². The molecule has 6 unspecified atom stereocenters. The zero-order valence-corrected chi connectivity index (χ0v) is 13.9. The average Bonchev–Trinajstić information content (AvgIpc) is 2.65. The van der Waals surface area contributed by atoms with Crippen molar-refractivity contribution in [1.29, 1.82) is 0 Å². The van der Waals surface area contributed by atoms with Crippen LogP contribution < -0.4 is 0 Å². The lowest BCUT2D eigenvalue weighted by atomic mass is 10.2. The molecular formula is C12H27BO13. The van der Waals surface area contributed by atoms with E-state index in [0.717, 1.165) is 0 Å². The van der Waals surface area contributed by atoms with E-state index in [0.29, 0.717) is 0 Å². The van der Waals surface area contributed by atoms with Gasteiger partial charge in [-0.3, -0.25) is 0 Å². The second-order valence-corrected chi connectivity index (χ2v) is 5.16. The molecule has 0 aliphatic rings. The molecule has 6 atom stereocenters. The summed E-state index contributed by atoms with van der Waals surface area (Å²) >= 11 is 0. The fourth-order valence-corrected chi connectivity index (χ4v) is 1.43. The van der Waals surface area contributed by atoms with Crippen LogP contribution in [0.25, 0.3) is 0 Å². The van der Waals surface area contributed by atoms with Crippen molar-refractivity contribution in [2.24, 2.45) is 0 Å². The van der Waals surface area contributed by atoms with Gasteiger partial charge >= 0.3 is 7.32 Å². The van der Waals surface area contributed by atoms with Gasteiger partial charge < -0.3 is 64.7 Å². The first-order valence-electron chi connectivity index (χ1n) is 7.66. The molecule has 0 aromatic rings. The van der Waals surface area contributed by atoms with E-state index >= 15 is 0 Å². The Bertz CT molecular complexity index is 308. The summed E-state index contributed by atoms with van der Waals surface area (Å²) in [4.78, 5) is 0. The summed E-state index contributed by atoms with van der Waals surface area (Å²) < 4.78 is 19.3. The summed E-state index contributed by atoms with van der Waals surface area (Å²) in [7, 11) is -2.19. The van der Waals surface area contributed by atoms with Crippen LogP contribution in [0.15, 0.2) is 0 Å². The molecule has 14 heteroatoms. The fourth-order valence-electron chi connectivity index (χ4n) is 1.43. The Balaban J connectivity index is 4.71. The molecule has 0 saturated heterocycles. The van der Waals surface area contributed by atoms with Gasteiger partial charge in [-0.2, -0.15) is 0 Å². The number of aliphatic hydroxyl groups is 8. The van der Waals surface area contributed by atoms with Crippen molar-refractivity contribution in [3.05, 3.63) is 0 Å². The van der Waals surface area contributed by atoms with Gasteiger partial charge in [0, 0.05) is 0 Å². The zero-order valence-electron chi connectivity index (χ0n) is 13.9. The number of hydrogen-bond donors (Lipinski definition) is 9. The minimum Gasteiger partial charge on any atom is -0.401 e. The van der Waals surface area contributed by atoms with E-state index in [2.05, 4.69) is 0 Å². The van der Waals surface area contributed by atoms with Crippen molar-refractivity contribution < 1.29 is 64.7 Å². The summed E-state index contributed by atoms with van der Waals surface area (Å²) in [6.07, 6.45) is -9.30. The fraction of sp³-hybridized carbons (Fsp3) is 1.00. The lowest BCUT2D eigenvalue weighted by Crippen LogP contribution is -2.46. The van der Waals surface area contributed by atoms with Gasteiger partial charge in [-0.25, -0.2) is 0 Å². The molecule has 0 saturated carbocycles. The van der Waals surface area contributed by atoms with Crippen molar-refractivity contribution in [3.63, 3.8) is 0 Å². The highest BCUT2D eigenvalue weighted by atomic mass is 16.8. The van der Waals surface area contributed by atoms with E-state index in [1.807, 2.05) is 0 Å². The monoisotopic (exact) mass is 390 g/mol. The highest BCUT2D eigenvalue weighted by Crippen LogP contribution is 2.09. The minimum absolute atomic E-state index is 0.507. The average molecular weight is 390 g/mol. The van der Waals surface area contributed by atoms with Crippen LogP contribution in [0.4, 0.5) is 0 Å². The number of ether oxygens (including phenoxy) is 2. The predicted molar refractivity (Wildman–Crippen MR) is 82.0 cm³/mol. The maximum Gasteiger partial charge on any atom is 0.640 e. The van der Waals surface area contributed by atoms with Crippen LogP contribution in [0.2, 0.25) is 0 Å². The SMILES string of the molecule is OCC(O)COC(OB(O)OC(OCC(O)CO)C(O)CO)C(O)CO. The Morgan fingerprint density at radius 1 is 0.615 bits per heavy atom. The van der Waals surface area contributed by atoms with Gasteiger partial charge in [0.15, 0.2) is 12.6 Å². The molecule has 0 bridgehead atoms. The number of hydrogen-bond acceptors (Lipinski definition) is 13. The second kappa shape index (κ2) is 14.6. The van der Waals surface area contributed by atoms with Crippen molar-refractivity contribution in [1.82, 2.24) is 0 Å². The van der Waals surface area contributed by atoms with Crippen LogP contribution in [0.3, 0.4) is 0 Å². The Hall–Kier alpha value is -0.455. The largest absolute Gasteiger partial charge is 0.640 e. The summed E-state index contributed by atoms with van der Waals surface area (Å²) in [6.45, 7) is -3.98. The molecule has 9 N–H and O–H groups in total. The summed E-state index contributed by atoms with van der Waals surface area (Å²) in [5.74, 6) is 0. The van der Waals surface area contributed by atoms with Crippen LogP contribution >= 0.6 is 0 Å². The molecule has 0 spiro atoms. The van der Waals surface area contributed by atoms with Gasteiger partial charge in [0.25, 0.3) is 0 Å². The van der Waals surface area contributed by atoms with E-state index in [1.165, 1.54) is 0 Å². The molecule has 0 fully saturated rings. The molecule has 0 radical (unpaired) electrons. The summed E-state index contributed by atoms with van der Waals surface area (Å²) in [6, 6.07) is 0. The standard InChI is InChI=1S/C12H27BO13/c14-1-7(18)5-23-11(9(20)3-16)25-13(22)26-12(10(21)4-17)24-6-8(19)2-15/h7-12,14-22H,1-6H2. The third kappa shape index (κ3) is 10.6. The van der Waals surface area contributed by atoms with E-state index in [9.17, 15) is 25.5 Å². The zero-order chi connectivity index (χ0) is 20.1. The van der Waals surface area contributed by atoms with Gasteiger partial charge in [0.1, 0.15) is 24.4 Å². The van der Waals surface area contributed by atoms with Crippen molar-refractivity contribution >= 4 is 7.32 Å². The van der Waals surface area contributed by atoms with Gasteiger partial charge in [-0.15, -0.1) is 0 Å². The van der Waals surface area contributed by atoms with E-state index in [4.69, 9.17) is 39.2 Å². The molecule has 0 heterocycles. The number of aliphatic hydroxyl groups excluding tert-OH is 8. The predicted octanol–water partition coefficient (Wildman–Crippen LogP) is -5.90. The first-order chi connectivity index (χ1) is 12.3. The normalized spacial score (nSPS) is 18.8. The minimum atomic E-state index is -2.19. The molecule has 26 heavy (non-hydrogen) atoms. The summed E-state index contributed by atoms with van der Waals surface area (Å²) in [5, 5.41) is 82.5. The molecule has 13 nitrogen and oxygen atoms in total. The Morgan fingerprint density at radius 3 is 1.23 bits per heavy atom. The third-order valence-electron chi connectivity index (χ3n) is 2.83. The Kier molecular flexibility index (Phi) is 14.3. The topological polar surface area (TPSA) is 219 Å². The Labute approximate surface area is 149 Å². The van der Waals surface area contributed by atoms with Gasteiger partial charge in [0.2, 0.25) is 0 Å². The second-order valence-electron chi connectivity index (χ2n) is 5.16. The molecule has 0 aromatic heterocycles. The number of rotatable bonds is 16. The van der Waals surface area contributed by atoms with Crippen LogP contribution in [0, 0.1) is 0 Å². The molecule has 0 amide bonds. The molecule has 0 aliphatic heterocycles. The first-order valence-corrected chi connectivity index (χ1v) is 7.66. The lowest BCUT2D eigenvalue weighted by Gasteiger charge is -2.28. The molecule has 0 rings (SSSR count).